The van der Waals surface area contributed by atoms with Gasteiger partial charge < -0.3 is 20.4 Å². The van der Waals surface area contributed by atoms with Gasteiger partial charge in [0.1, 0.15) is 17.3 Å². The number of rotatable bonds is 7. The molecule has 42 heavy (non-hydrogen) atoms. The molecule has 0 fully saturated rings. The van der Waals surface area contributed by atoms with E-state index in [-0.39, 0.29) is 29.6 Å². The third kappa shape index (κ3) is 6.38. The van der Waals surface area contributed by atoms with Crippen molar-refractivity contribution >= 4 is 35.4 Å². The molecular formula is C26H24F5N7O4. The molecule has 11 nitrogen and oxygen atoms in total. The molecule has 3 N–H and O–H groups in total. The molecule has 2 heterocycles. The number of carbonyl (C=O) groups is 3. The van der Waals surface area contributed by atoms with Crippen molar-refractivity contribution in [3.63, 3.8) is 0 Å². The zero-order chi connectivity index (χ0) is 30.8. The number of nitrogens with zero attached hydrogens (tertiary/aromatic N) is 4. The minimum absolute atomic E-state index is 0.0438. The Bertz CT molecular complexity index is 1530. The van der Waals surface area contributed by atoms with E-state index in [1.807, 2.05) is 19.0 Å². The number of aromatic nitrogens is 2. The Kier molecular flexibility index (Phi) is 8.56. The van der Waals surface area contributed by atoms with Gasteiger partial charge in [-0.05, 0) is 50.8 Å². The lowest BCUT2D eigenvalue weighted by atomic mass is 9.98. The number of anilines is 3. The average Bonchev–Trinajstić information content (AvgIpc) is 2.91. The van der Waals surface area contributed by atoms with E-state index in [1.165, 1.54) is 23.7 Å². The van der Waals surface area contributed by atoms with Gasteiger partial charge in [0, 0.05) is 29.8 Å². The lowest BCUT2D eigenvalue weighted by molar-refractivity contribution is -0.204. The van der Waals surface area contributed by atoms with Gasteiger partial charge in [0.05, 0.1) is 12.2 Å². The summed E-state index contributed by atoms with van der Waals surface area (Å²) in [4.78, 5) is 51.6. The molecule has 0 aliphatic carbocycles. The number of halogens is 5. The minimum atomic E-state index is -5.30. The monoisotopic (exact) mass is 593 g/mol. The number of aryl methyl sites for hydroxylation is 1. The molecule has 3 aromatic rings. The Hall–Kier alpha value is -4.86. The van der Waals surface area contributed by atoms with Crippen molar-refractivity contribution in [3.8, 4) is 11.3 Å². The fraction of sp³-hybridized carbons (Fsp3) is 0.269. The number of amides is 3. The van der Waals surface area contributed by atoms with Crippen LogP contribution in [0.2, 0.25) is 0 Å². The maximum atomic E-state index is 14.8. The lowest BCUT2D eigenvalue weighted by Crippen LogP contribution is -2.43. The van der Waals surface area contributed by atoms with E-state index in [4.69, 9.17) is 0 Å². The molecule has 0 bridgehead atoms. The maximum Gasteiger partial charge on any atom is 0.493 e. The largest absolute Gasteiger partial charge is 0.493 e. The highest BCUT2D eigenvalue weighted by Gasteiger charge is 2.42. The van der Waals surface area contributed by atoms with Gasteiger partial charge in [-0.3, -0.25) is 4.79 Å². The van der Waals surface area contributed by atoms with E-state index >= 15 is 0 Å². The minimum Gasteiger partial charge on any atom is -0.353 e. The lowest BCUT2D eigenvalue weighted by Gasteiger charge is -2.31. The molecule has 4 rings (SSSR count). The van der Waals surface area contributed by atoms with Gasteiger partial charge in [-0.25, -0.2) is 28.3 Å². The predicted molar refractivity (Wildman–Crippen MR) is 140 cm³/mol. The first kappa shape index (κ1) is 30.1. The first-order valence-electron chi connectivity index (χ1n) is 12.3. The molecule has 0 saturated carbocycles. The highest BCUT2D eigenvalue weighted by atomic mass is 19.4. The quantitative estimate of drug-likeness (QED) is 0.279. The molecule has 0 radical (unpaired) electrons. The van der Waals surface area contributed by atoms with E-state index in [9.17, 15) is 36.3 Å². The van der Waals surface area contributed by atoms with Crippen LogP contribution in [0.15, 0.2) is 36.4 Å². The molecule has 222 valence electrons. The predicted octanol–water partition coefficient (Wildman–Crippen LogP) is 3.82. The van der Waals surface area contributed by atoms with Gasteiger partial charge in [-0.2, -0.15) is 23.6 Å². The third-order valence-electron chi connectivity index (χ3n) is 6.03. The number of carbonyl (C=O) groups excluding carboxylic acids is 3. The van der Waals surface area contributed by atoms with Gasteiger partial charge in [0.15, 0.2) is 5.82 Å². The molecule has 0 unspecified atom stereocenters. The van der Waals surface area contributed by atoms with Crippen molar-refractivity contribution < 1.29 is 41.2 Å². The van der Waals surface area contributed by atoms with Gasteiger partial charge in [0.25, 0.3) is 5.91 Å². The summed E-state index contributed by atoms with van der Waals surface area (Å²) < 4.78 is 66.8. The summed E-state index contributed by atoms with van der Waals surface area (Å²) in [6.45, 7) is 2.42. The number of nitrogens with one attached hydrogen (secondary N) is 3. The molecular weight excluding hydrogens is 569 g/mol. The fourth-order valence-corrected chi connectivity index (χ4v) is 4.04. The van der Waals surface area contributed by atoms with Crippen LogP contribution in [0.4, 0.5) is 44.2 Å². The zero-order valence-electron chi connectivity index (χ0n) is 22.4. The Morgan fingerprint density at radius 3 is 2.43 bits per heavy atom. The molecule has 16 heteroatoms. The molecule has 1 aliphatic rings. The van der Waals surface area contributed by atoms with E-state index in [0.29, 0.717) is 29.8 Å². The Morgan fingerprint density at radius 2 is 1.81 bits per heavy atom. The Labute approximate surface area is 235 Å². The SMILES string of the molecule is Cc1cc(C(=O)NOC(=O)C(F)(F)F)ccc1-c1nc(NCCN(C)C)nc2c1CNC(=O)N2c1c(F)cccc1F. The van der Waals surface area contributed by atoms with E-state index in [1.54, 1.807) is 6.92 Å². The first-order chi connectivity index (χ1) is 19.8. The average molecular weight is 594 g/mol. The summed E-state index contributed by atoms with van der Waals surface area (Å²) in [5.41, 5.74) is 2.05. The first-order valence-corrected chi connectivity index (χ1v) is 12.3. The summed E-state index contributed by atoms with van der Waals surface area (Å²) in [5, 5.41) is 5.59. The third-order valence-corrected chi connectivity index (χ3v) is 6.03. The van der Waals surface area contributed by atoms with Crippen molar-refractivity contribution in [3.05, 3.63) is 64.7 Å². The second kappa shape index (κ2) is 11.9. The Morgan fingerprint density at radius 1 is 1.12 bits per heavy atom. The molecule has 1 aromatic heterocycles. The van der Waals surface area contributed by atoms with Crippen molar-refractivity contribution in [2.75, 3.05) is 37.4 Å². The van der Waals surface area contributed by atoms with Crippen molar-refractivity contribution in [2.24, 2.45) is 0 Å². The molecule has 0 spiro atoms. The van der Waals surface area contributed by atoms with Crippen LogP contribution in [0, 0.1) is 18.6 Å². The van der Waals surface area contributed by atoms with Gasteiger partial charge in [0.2, 0.25) is 5.95 Å². The fourth-order valence-electron chi connectivity index (χ4n) is 4.04. The van der Waals surface area contributed by atoms with Crippen molar-refractivity contribution in [2.45, 2.75) is 19.6 Å². The van der Waals surface area contributed by atoms with E-state index in [2.05, 4.69) is 25.4 Å². The number of fused-ring (bicyclic) bond motifs is 1. The maximum absolute atomic E-state index is 14.8. The van der Waals surface area contributed by atoms with Crippen LogP contribution < -0.4 is 21.0 Å². The number of urea groups is 1. The molecule has 0 atom stereocenters. The second-order valence-electron chi connectivity index (χ2n) is 9.34. The van der Waals surface area contributed by atoms with Crippen LogP contribution in [-0.2, 0) is 16.2 Å². The second-order valence-corrected chi connectivity index (χ2v) is 9.34. The highest BCUT2D eigenvalue weighted by molar-refractivity contribution is 6.02. The van der Waals surface area contributed by atoms with Gasteiger partial charge in [-0.15, -0.1) is 0 Å². The summed E-state index contributed by atoms with van der Waals surface area (Å²) >= 11 is 0. The van der Waals surface area contributed by atoms with Crippen molar-refractivity contribution in [1.82, 2.24) is 25.7 Å². The summed E-state index contributed by atoms with van der Waals surface area (Å²) in [7, 11) is 3.69. The van der Waals surface area contributed by atoms with Gasteiger partial charge in [-0.1, -0.05) is 12.1 Å². The number of para-hydroxylation sites is 1. The van der Waals surface area contributed by atoms with Crippen LogP contribution in [0.25, 0.3) is 11.3 Å². The normalized spacial score (nSPS) is 13.0. The highest BCUT2D eigenvalue weighted by Crippen LogP contribution is 2.39. The van der Waals surface area contributed by atoms with Crippen LogP contribution in [-0.4, -0.2) is 66.1 Å². The van der Waals surface area contributed by atoms with E-state index in [0.717, 1.165) is 23.1 Å². The van der Waals surface area contributed by atoms with Crippen LogP contribution in [0.1, 0.15) is 21.5 Å². The number of hydrogen-bond acceptors (Lipinski definition) is 8. The standard InChI is InChI=1S/C26H24F5N7O4/c1-13-11-14(22(39)36-42-23(40)26(29,30)31)7-8-15(13)19-16-12-33-25(41)38(20-17(27)5-4-6-18(20)28)21(16)35-24(34-19)32-9-10-37(2)3/h4-8,11H,9-10,12H2,1-3H3,(H,33,41)(H,36,39)(H,32,34,35). The summed E-state index contributed by atoms with van der Waals surface area (Å²) in [5.74, 6) is -5.76. The molecule has 0 saturated heterocycles. The van der Waals surface area contributed by atoms with Crippen molar-refractivity contribution in [1.29, 1.82) is 0 Å². The zero-order valence-corrected chi connectivity index (χ0v) is 22.4. The van der Waals surface area contributed by atoms with Gasteiger partial charge >= 0.3 is 18.2 Å². The van der Waals surface area contributed by atoms with Crippen LogP contribution in [0.5, 0.6) is 0 Å². The smallest absolute Gasteiger partial charge is 0.353 e. The summed E-state index contributed by atoms with van der Waals surface area (Å²) in [6.07, 6.45) is -5.30. The number of hydroxylamine groups is 1. The number of likely N-dealkylation sites (N-methyl/N-ethyl adjacent to an activating group) is 1. The van der Waals surface area contributed by atoms with Crippen LogP contribution >= 0.6 is 0 Å². The topological polar surface area (TPSA) is 129 Å². The van der Waals surface area contributed by atoms with Crippen LogP contribution in [0.3, 0.4) is 0 Å². The number of alkyl halides is 3. The Balaban J connectivity index is 1.78. The molecule has 1 aliphatic heterocycles. The molecule has 2 aromatic carbocycles. The summed E-state index contributed by atoms with van der Waals surface area (Å²) in [6, 6.07) is 6.33. The van der Waals surface area contributed by atoms with E-state index < -0.39 is 41.4 Å². The number of benzene rings is 2. The molecule has 3 amide bonds. The number of hydrogen-bond donors (Lipinski definition) is 3.